The van der Waals surface area contributed by atoms with E-state index in [9.17, 15) is 4.79 Å². The zero-order valence-corrected chi connectivity index (χ0v) is 21.5. The Morgan fingerprint density at radius 3 is 2.40 bits per heavy atom. The quantitative estimate of drug-likeness (QED) is 0.318. The van der Waals surface area contributed by atoms with Gasteiger partial charge in [0.2, 0.25) is 6.23 Å². The minimum atomic E-state index is -0.608. The number of ether oxygens (including phenoxy) is 4. The van der Waals surface area contributed by atoms with Crippen LogP contribution >= 0.6 is 11.6 Å². The maximum Gasteiger partial charge on any atom is 0.411 e. The Balaban J connectivity index is 1.67. The van der Waals surface area contributed by atoms with Crippen molar-refractivity contribution in [2.75, 3.05) is 24.9 Å². The lowest BCUT2D eigenvalue weighted by Gasteiger charge is -2.24. The molecule has 0 radical (unpaired) electrons. The lowest BCUT2D eigenvalue weighted by molar-refractivity contribution is 0.0968. The van der Waals surface area contributed by atoms with E-state index >= 15 is 0 Å². The summed E-state index contributed by atoms with van der Waals surface area (Å²) in [6.45, 7) is 4.25. The molecule has 0 saturated carbocycles. The molecule has 35 heavy (non-hydrogen) atoms. The van der Waals surface area contributed by atoms with Crippen LogP contribution in [0.1, 0.15) is 64.2 Å². The Labute approximate surface area is 212 Å². The summed E-state index contributed by atoms with van der Waals surface area (Å²) >= 11 is 6.44. The van der Waals surface area contributed by atoms with Gasteiger partial charge in [-0.1, -0.05) is 51.1 Å². The van der Waals surface area contributed by atoms with Gasteiger partial charge < -0.3 is 24.3 Å². The summed E-state index contributed by atoms with van der Waals surface area (Å²) in [6, 6.07) is 8.71. The normalized spacial score (nSPS) is 14.2. The smallest absolute Gasteiger partial charge is 0.411 e. The summed E-state index contributed by atoms with van der Waals surface area (Å²) in [4.78, 5) is 16.9. The van der Waals surface area contributed by atoms with E-state index in [0.717, 1.165) is 49.8 Å². The molecule has 8 nitrogen and oxygen atoms in total. The van der Waals surface area contributed by atoms with Crippen molar-refractivity contribution < 1.29 is 23.7 Å². The molecule has 190 valence electrons. The van der Waals surface area contributed by atoms with Gasteiger partial charge in [-0.2, -0.15) is 0 Å². The molecule has 0 bridgehead atoms. The number of unbranched alkanes of at least 4 members (excludes halogenated alkanes) is 2. The zero-order valence-electron chi connectivity index (χ0n) is 20.7. The van der Waals surface area contributed by atoms with E-state index in [1.807, 2.05) is 12.1 Å². The molecule has 1 atom stereocenters. The second-order valence-corrected chi connectivity index (χ2v) is 8.67. The largest absolute Gasteiger partial charge is 0.493 e. The minimum Gasteiger partial charge on any atom is -0.493 e. The topological polar surface area (TPSA) is 90.4 Å². The fraction of sp³-hybridized carbons (Fsp3) is 0.462. The number of nitrogens with one attached hydrogen (secondary N) is 2. The van der Waals surface area contributed by atoms with E-state index in [0.29, 0.717) is 28.0 Å². The Morgan fingerprint density at radius 1 is 1.09 bits per heavy atom. The van der Waals surface area contributed by atoms with Gasteiger partial charge in [0.1, 0.15) is 11.9 Å². The molecule has 0 saturated heterocycles. The standard InChI is InChI=1S/C26H34ClN3O5/c1-5-7-9-17(10-8-6-2)35-26(31)30-21-12-11-18(13-20(21)27)34-25-19-14-23(32-3)24(33-4)15-22(19)28-16-29-25/h11-17,25H,5-10H2,1-4H3,(H,28,29)(H,30,31). The van der Waals surface area contributed by atoms with Crippen LogP contribution < -0.4 is 24.8 Å². The SMILES string of the molecule is CCCCC(CCCC)OC(=O)Nc1ccc(OC2N=CNc3cc(OC)c(OC)cc32)cc1Cl. The van der Waals surface area contributed by atoms with Crippen molar-refractivity contribution in [1.29, 1.82) is 0 Å². The van der Waals surface area contributed by atoms with Crippen LogP contribution in [0, 0.1) is 0 Å². The van der Waals surface area contributed by atoms with E-state index in [1.165, 1.54) is 0 Å². The predicted octanol–water partition coefficient (Wildman–Crippen LogP) is 7.19. The molecule has 1 aliphatic heterocycles. The molecule has 1 unspecified atom stereocenters. The molecule has 2 aromatic carbocycles. The number of carbonyl (C=O) groups excluding carboxylic acids is 1. The number of carbonyl (C=O) groups is 1. The van der Waals surface area contributed by atoms with Gasteiger partial charge in [-0.3, -0.25) is 5.32 Å². The predicted molar refractivity (Wildman–Crippen MR) is 139 cm³/mol. The number of rotatable bonds is 12. The van der Waals surface area contributed by atoms with Crippen LogP contribution in [0.15, 0.2) is 35.3 Å². The average Bonchev–Trinajstić information content (AvgIpc) is 2.86. The van der Waals surface area contributed by atoms with Crippen LogP contribution in [-0.4, -0.2) is 32.8 Å². The van der Waals surface area contributed by atoms with Crippen LogP contribution in [0.5, 0.6) is 17.2 Å². The number of hydrogen-bond acceptors (Lipinski definition) is 7. The summed E-state index contributed by atoms with van der Waals surface area (Å²) < 4.78 is 22.5. The van der Waals surface area contributed by atoms with Crippen molar-refractivity contribution in [3.05, 3.63) is 40.9 Å². The number of halogens is 1. The summed E-state index contributed by atoms with van der Waals surface area (Å²) in [5.41, 5.74) is 2.04. The van der Waals surface area contributed by atoms with E-state index in [1.54, 1.807) is 38.8 Å². The highest BCUT2D eigenvalue weighted by Gasteiger charge is 2.23. The first-order valence-electron chi connectivity index (χ1n) is 12.0. The van der Waals surface area contributed by atoms with Crippen LogP contribution in [-0.2, 0) is 4.74 Å². The lowest BCUT2D eigenvalue weighted by atomic mass is 10.1. The maximum atomic E-state index is 12.5. The molecule has 1 amide bonds. The number of benzene rings is 2. The van der Waals surface area contributed by atoms with Crippen molar-refractivity contribution in [3.8, 4) is 17.2 Å². The van der Waals surface area contributed by atoms with Gasteiger partial charge in [0, 0.05) is 17.7 Å². The summed E-state index contributed by atoms with van der Waals surface area (Å²) in [5, 5.41) is 6.18. The first-order chi connectivity index (χ1) is 17.0. The molecular weight excluding hydrogens is 470 g/mol. The minimum absolute atomic E-state index is 0.0928. The molecular formula is C26H34ClN3O5. The molecule has 3 rings (SSSR count). The Bertz CT molecular complexity index is 1020. The molecule has 2 N–H and O–H groups in total. The first-order valence-corrected chi connectivity index (χ1v) is 12.3. The fourth-order valence-corrected chi connectivity index (χ4v) is 4.01. The monoisotopic (exact) mass is 503 g/mol. The molecule has 0 aromatic heterocycles. The van der Waals surface area contributed by atoms with E-state index in [4.69, 9.17) is 30.5 Å². The summed E-state index contributed by atoms with van der Waals surface area (Å²) in [6.07, 6.45) is 6.26. The van der Waals surface area contributed by atoms with E-state index in [-0.39, 0.29) is 6.10 Å². The van der Waals surface area contributed by atoms with Gasteiger partial charge in [0.05, 0.1) is 37.0 Å². The highest BCUT2D eigenvalue weighted by molar-refractivity contribution is 6.33. The van der Waals surface area contributed by atoms with Crippen LogP contribution in [0.3, 0.4) is 0 Å². The zero-order chi connectivity index (χ0) is 25.2. The number of nitrogens with zero attached hydrogens (tertiary/aromatic N) is 1. The third-order valence-corrected chi connectivity index (χ3v) is 6.02. The summed E-state index contributed by atoms with van der Waals surface area (Å²) in [7, 11) is 3.16. The number of methoxy groups -OCH3 is 2. The maximum absolute atomic E-state index is 12.5. The van der Waals surface area contributed by atoms with Gasteiger partial charge in [0.15, 0.2) is 11.5 Å². The van der Waals surface area contributed by atoms with Crippen molar-refractivity contribution >= 4 is 35.4 Å². The van der Waals surface area contributed by atoms with Crippen molar-refractivity contribution in [1.82, 2.24) is 0 Å². The van der Waals surface area contributed by atoms with Gasteiger partial charge in [-0.25, -0.2) is 9.79 Å². The van der Waals surface area contributed by atoms with Gasteiger partial charge in [-0.05, 0) is 31.0 Å². The first kappa shape index (κ1) is 26.5. The Hall–Kier alpha value is -3.13. The Morgan fingerprint density at radius 2 is 1.77 bits per heavy atom. The number of fused-ring (bicyclic) bond motifs is 1. The summed E-state index contributed by atoms with van der Waals surface area (Å²) in [5.74, 6) is 1.68. The van der Waals surface area contributed by atoms with Gasteiger partial charge in [0.25, 0.3) is 0 Å². The molecule has 2 aromatic rings. The van der Waals surface area contributed by atoms with Crippen molar-refractivity contribution in [2.45, 2.75) is 64.7 Å². The third-order valence-electron chi connectivity index (χ3n) is 5.71. The van der Waals surface area contributed by atoms with Crippen molar-refractivity contribution in [2.24, 2.45) is 4.99 Å². The molecule has 0 aliphatic carbocycles. The number of anilines is 2. The number of aliphatic imine (C=N–C) groups is 1. The molecule has 1 aliphatic rings. The third kappa shape index (κ3) is 7.18. The molecule has 1 heterocycles. The average molecular weight is 504 g/mol. The second kappa shape index (κ2) is 13.1. The highest BCUT2D eigenvalue weighted by atomic mass is 35.5. The number of amides is 1. The fourth-order valence-electron chi connectivity index (χ4n) is 3.79. The lowest BCUT2D eigenvalue weighted by Crippen LogP contribution is -2.22. The van der Waals surface area contributed by atoms with Gasteiger partial charge in [-0.15, -0.1) is 0 Å². The molecule has 0 spiro atoms. The molecule has 9 heteroatoms. The van der Waals surface area contributed by atoms with E-state index < -0.39 is 12.3 Å². The molecule has 0 fully saturated rings. The van der Waals surface area contributed by atoms with E-state index in [2.05, 4.69) is 29.5 Å². The van der Waals surface area contributed by atoms with Crippen molar-refractivity contribution in [3.63, 3.8) is 0 Å². The van der Waals surface area contributed by atoms with Gasteiger partial charge >= 0.3 is 6.09 Å². The van der Waals surface area contributed by atoms with Crippen LogP contribution in [0.4, 0.5) is 16.2 Å². The Kier molecular flexibility index (Phi) is 9.90. The highest BCUT2D eigenvalue weighted by Crippen LogP contribution is 2.40. The van der Waals surface area contributed by atoms with Crippen LogP contribution in [0.2, 0.25) is 5.02 Å². The van der Waals surface area contributed by atoms with Crippen LogP contribution in [0.25, 0.3) is 0 Å². The second-order valence-electron chi connectivity index (χ2n) is 8.27. The number of hydrogen-bond donors (Lipinski definition) is 2.